The number of rotatable bonds is 1. The van der Waals surface area contributed by atoms with E-state index in [0.717, 1.165) is 18.2 Å². The monoisotopic (exact) mass is 176 g/mol. The fourth-order valence-electron chi connectivity index (χ4n) is 0.777. The van der Waals surface area contributed by atoms with Crippen molar-refractivity contribution in [2.75, 3.05) is 5.73 Å². The second kappa shape index (κ2) is 2.62. The first-order valence-corrected chi connectivity index (χ1v) is 3.19. The molecule has 0 aliphatic rings. The lowest BCUT2D eigenvalue weighted by molar-refractivity contribution is 0.477. The lowest BCUT2D eigenvalue weighted by Gasteiger charge is -2.15. The minimum atomic E-state index is -5.03. The largest absolute Gasteiger partial charge is 0.509 e. The fraction of sp³-hybridized carbons (Fsp3) is 0. The summed E-state index contributed by atoms with van der Waals surface area (Å²) in [5.74, 6) is -0.334. The zero-order valence-corrected chi connectivity index (χ0v) is 5.97. The van der Waals surface area contributed by atoms with Gasteiger partial charge in [-0.15, -0.1) is 5.46 Å². The van der Waals surface area contributed by atoms with Crippen molar-refractivity contribution in [2.45, 2.75) is 0 Å². The first-order chi connectivity index (χ1) is 5.41. The van der Waals surface area contributed by atoms with E-state index in [9.17, 15) is 12.9 Å². The summed E-state index contributed by atoms with van der Waals surface area (Å²) in [4.78, 5) is 0. The van der Waals surface area contributed by atoms with Crippen LogP contribution >= 0.6 is 0 Å². The van der Waals surface area contributed by atoms with Gasteiger partial charge in [0, 0.05) is 0 Å². The van der Waals surface area contributed by atoms with E-state index in [1.807, 2.05) is 0 Å². The average Bonchev–Trinajstić information content (AvgIpc) is 1.92. The summed E-state index contributed by atoms with van der Waals surface area (Å²) in [6, 6.07) is 2.45. The van der Waals surface area contributed by atoms with Crippen LogP contribution in [-0.4, -0.2) is 12.1 Å². The maximum atomic E-state index is 12.0. The van der Waals surface area contributed by atoms with Gasteiger partial charge in [0.1, 0.15) is 5.75 Å². The van der Waals surface area contributed by atoms with Crippen LogP contribution in [0.4, 0.5) is 18.6 Å². The van der Waals surface area contributed by atoms with Crippen LogP contribution in [0.2, 0.25) is 0 Å². The summed E-state index contributed by atoms with van der Waals surface area (Å²) >= 11 is 0. The molecular weight excluding hydrogens is 170 g/mol. The highest BCUT2D eigenvalue weighted by atomic mass is 19.4. The summed E-state index contributed by atoms with van der Waals surface area (Å²) in [6.45, 7) is -5.03. The van der Waals surface area contributed by atoms with Crippen molar-refractivity contribution in [1.82, 2.24) is 0 Å². The van der Waals surface area contributed by atoms with E-state index in [-0.39, 0.29) is 11.4 Å². The molecule has 3 N–H and O–H groups in total. The summed E-state index contributed by atoms with van der Waals surface area (Å²) in [5.41, 5.74) is 4.02. The number of anilines is 1. The Kier molecular flexibility index (Phi) is 1.91. The molecule has 2 nitrogen and oxygen atoms in total. The first-order valence-electron chi connectivity index (χ1n) is 3.19. The van der Waals surface area contributed by atoms with Crippen molar-refractivity contribution in [3.05, 3.63) is 18.2 Å². The van der Waals surface area contributed by atoms with E-state index in [2.05, 4.69) is 0 Å². The number of nitrogen functional groups attached to an aromatic ring is 1. The molecule has 66 valence electrons. The van der Waals surface area contributed by atoms with Gasteiger partial charge >= 0.3 is 6.98 Å². The number of hydrogen-bond acceptors (Lipinski definition) is 2. The third-order valence-corrected chi connectivity index (χ3v) is 1.43. The SMILES string of the molecule is Nc1cc([B-](F)(F)F)ccc1O. The van der Waals surface area contributed by atoms with E-state index >= 15 is 0 Å². The maximum Gasteiger partial charge on any atom is 0.509 e. The van der Waals surface area contributed by atoms with Crippen LogP contribution in [0.3, 0.4) is 0 Å². The highest BCUT2D eigenvalue weighted by molar-refractivity contribution is 6.73. The van der Waals surface area contributed by atoms with Crippen molar-refractivity contribution in [3.8, 4) is 5.75 Å². The molecular formula is C6H6BF3NO-. The van der Waals surface area contributed by atoms with Gasteiger partial charge in [-0.3, -0.25) is 0 Å². The Hall–Kier alpha value is -1.33. The number of halogens is 3. The zero-order valence-electron chi connectivity index (χ0n) is 5.97. The minimum absolute atomic E-state index is 0.258. The summed E-state index contributed by atoms with van der Waals surface area (Å²) in [6.07, 6.45) is 0. The smallest absolute Gasteiger partial charge is 0.506 e. The molecule has 0 aliphatic carbocycles. The molecule has 1 aromatic carbocycles. The van der Waals surface area contributed by atoms with Gasteiger partial charge in [-0.05, 0) is 6.07 Å². The normalized spacial score (nSPS) is 11.6. The molecule has 0 atom stereocenters. The molecule has 6 heteroatoms. The van der Waals surface area contributed by atoms with E-state index in [1.54, 1.807) is 0 Å². The summed E-state index contributed by atoms with van der Waals surface area (Å²) < 4.78 is 36.1. The number of nitrogens with two attached hydrogens (primary N) is 1. The molecule has 0 unspecified atom stereocenters. The molecule has 0 saturated carbocycles. The number of hydrogen-bond donors (Lipinski definition) is 2. The van der Waals surface area contributed by atoms with Crippen molar-refractivity contribution in [2.24, 2.45) is 0 Å². The molecule has 0 radical (unpaired) electrons. The molecule has 0 amide bonds. The molecule has 12 heavy (non-hydrogen) atoms. The molecule has 1 aromatic rings. The topological polar surface area (TPSA) is 46.2 Å². The third kappa shape index (κ3) is 1.64. The quantitative estimate of drug-likeness (QED) is 0.381. The molecule has 0 bridgehead atoms. The van der Waals surface area contributed by atoms with Crippen LogP contribution in [0.1, 0.15) is 0 Å². The van der Waals surface area contributed by atoms with Gasteiger partial charge in [0.25, 0.3) is 0 Å². The first kappa shape index (κ1) is 8.77. The molecule has 0 spiro atoms. The van der Waals surface area contributed by atoms with Crippen molar-refractivity contribution < 1.29 is 18.1 Å². The molecule has 0 aromatic heterocycles. The Morgan fingerprint density at radius 3 is 2.25 bits per heavy atom. The molecule has 0 heterocycles. The standard InChI is InChI=1S/C6H6BF3NO/c8-7(9,10)4-1-2-6(12)5(11)3-4/h1-3,12H,11H2/q-1. The van der Waals surface area contributed by atoms with Crippen LogP contribution in [0, 0.1) is 0 Å². The Balaban J connectivity index is 3.14. The number of benzene rings is 1. The Morgan fingerprint density at radius 1 is 1.25 bits per heavy atom. The van der Waals surface area contributed by atoms with Gasteiger partial charge in [-0.1, -0.05) is 12.1 Å². The zero-order chi connectivity index (χ0) is 9.35. The lowest BCUT2D eigenvalue weighted by Crippen LogP contribution is -2.33. The van der Waals surface area contributed by atoms with Crippen LogP contribution in [0.15, 0.2) is 18.2 Å². The van der Waals surface area contributed by atoms with Crippen molar-refractivity contribution in [1.29, 1.82) is 0 Å². The molecule has 0 saturated heterocycles. The van der Waals surface area contributed by atoms with E-state index in [4.69, 9.17) is 10.8 Å². The Bertz CT molecular complexity index is 299. The third-order valence-electron chi connectivity index (χ3n) is 1.43. The molecule has 1 rings (SSSR count). The second-order valence-electron chi connectivity index (χ2n) is 2.39. The highest BCUT2D eigenvalue weighted by Gasteiger charge is 2.25. The molecule has 0 fully saturated rings. The van der Waals surface area contributed by atoms with Gasteiger partial charge in [-0.2, -0.15) is 0 Å². The predicted octanol–water partition coefficient (Wildman–Crippen LogP) is 1.03. The highest BCUT2D eigenvalue weighted by Crippen LogP contribution is 2.19. The van der Waals surface area contributed by atoms with E-state index in [0.29, 0.717) is 0 Å². The van der Waals surface area contributed by atoms with Crippen LogP contribution in [-0.2, 0) is 0 Å². The Morgan fingerprint density at radius 2 is 1.83 bits per heavy atom. The fourth-order valence-corrected chi connectivity index (χ4v) is 0.777. The van der Waals surface area contributed by atoms with Gasteiger partial charge < -0.3 is 23.8 Å². The number of phenols is 1. The van der Waals surface area contributed by atoms with Crippen molar-refractivity contribution in [3.63, 3.8) is 0 Å². The van der Waals surface area contributed by atoms with Crippen LogP contribution in [0.25, 0.3) is 0 Å². The van der Waals surface area contributed by atoms with Crippen LogP contribution < -0.4 is 11.2 Å². The average molecular weight is 176 g/mol. The minimum Gasteiger partial charge on any atom is -0.506 e. The van der Waals surface area contributed by atoms with Gasteiger partial charge in [-0.25, -0.2) is 0 Å². The summed E-state index contributed by atoms with van der Waals surface area (Å²) in [5, 5.41) is 8.82. The van der Waals surface area contributed by atoms with Crippen LogP contribution in [0.5, 0.6) is 5.75 Å². The Labute approximate surface area is 66.9 Å². The maximum absolute atomic E-state index is 12.0. The van der Waals surface area contributed by atoms with E-state index < -0.39 is 12.4 Å². The second-order valence-corrected chi connectivity index (χ2v) is 2.39. The van der Waals surface area contributed by atoms with Gasteiger partial charge in [0.05, 0.1) is 5.69 Å². The predicted molar refractivity (Wildman–Crippen MR) is 41.2 cm³/mol. The lowest BCUT2D eigenvalue weighted by atomic mass is 9.80. The van der Waals surface area contributed by atoms with Crippen molar-refractivity contribution >= 4 is 18.1 Å². The summed E-state index contributed by atoms with van der Waals surface area (Å²) in [7, 11) is 0. The molecule has 0 aliphatic heterocycles. The van der Waals surface area contributed by atoms with Gasteiger partial charge in [0.2, 0.25) is 0 Å². The van der Waals surface area contributed by atoms with Gasteiger partial charge in [0.15, 0.2) is 0 Å². The van der Waals surface area contributed by atoms with E-state index in [1.165, 1.54) is 0 Å². The number of aromatic hydroxyl groups is 1. The number of phenolic OH excluding ortho intramolecular Hbond substituents is 1.